The van der Waals surface area contributed by atoms with Crippen LogP contribution in [0.5, 0.6) is 0 Å². The van der Waals surface area contributed by atoms with Gasteiger partial charge in [0.2, 0.25) is 0 Å². The monoisotopic (exact) mass is 277 g/mol. The second-order valence-corrected chi connectivity index (χ2v) is 5.00. The van der Waals surface area contributed by atoms with Gasteiger partial charge in [-0.3, -0.25) is 9.59 Å². The predicted octanol–water partition coefficient (Wildman–Crippen LogP) is 3.34. The van der Waals surface area contributed by atoms with E-state index < -0.39 is 0 Å². The molecule has 0 fully saturated rings. The van der Waals surface area contributed by atoms with Gasteiger partial charge in [-0.15, -0.1) is 0 Å². The minimum absolute atomic E-state index is 0.0401. The number of H-pyrrole nitrogens is 1. The highest BCUT2D eigenvalue weighted by atomic mass is 16.1. The third-order valence-corrected chi connectivity index (χ3v) is 3.52. The molecule has 0 spiro atoms. The van der Waals surface area contributed by atoms with Crippen LogP contribution in [0.15, 0.2) is 65.5 Å². The van der Waals surface area contributed by atoms with E-state index in [0.29, 0.717) is 29.4 Å². The van der Waals surface area contributed by atoms with Gasteiger partial charge in [-0.05, 0) is 24.1 Å². The zero-order chi connectivity index (χ0) is 14.7. The molecule has 21 heavy (non-hydrogen) atoms. The molecule has 1 N–H and O–H groups in total. The number of Topliss-reactive ketones (excluding diaryl/α,β-unsaturated/α-hetero) is 1. The fourth-order valence-electron chi connectivity index (χ4n) is 2.38. The fraction of sp³-hybridized carbons (Fsp3) is 0.111. The maximum atomic E-state index is 12.2. The Bertz CT molecular complexity index is 834. The highest BCUT2D eigenvalue weighted by Crippen LogP contribution is 2.10. The van der Waals surface area contributed by atoms with Crippen LogP contribution in [0.1, 0.15) is 22.5 Å². The molecule has 0 aliphatic rings. The molecule has 1 aromatic heterocycles. The van der Waals surface area contributed by atoms with Crippen LogP contribution in [0.4, 0.5) is 0 Å². The van der Waals surface area contributed by atoms with Crippen molar-refractivity contribution in [3.63, 3.8) is 0 Å². The van der Waals surface area contributed by atoms with Gasteiger partial charge in [-0.25, -0.2) is 0 Å². The topological polar surface area (TPSA) is 49.9 Å². The summed E-state index contributed by atoms with van der Waals surface area (Å²) in [5.41, 5.74) is 2.09. The number of nitrogens with one attached hydrogen (secondary N) is 1. The predicted molar refractivity (Wildman–Crippen MR) is 83.7 cm³/mol. The first-order valence-electron chi connectivity index (χ1n) is 6.93. The van der Waals surface area contributed by atoms with Crippen LogP contribution in [0.25, 0.3) is 10.9 Å². The van der Waals surface area contributed by atoms with Crippen molar-refractivity contribution >= 4 is 16.7 Å². The molecule has 3 nitrogen and oxygen atoms in total. The lowest BCUT2D eigenvalue weighted by Crippen LogP contribution is -2.10. The summed E-state index contributed by atoms with van der Waals surface area (Å²) in [5.74, 6) is -0.0401. The summed E-state index contributed by atoms with van der Waals surface area (Å²) in [4.78, 5) is 27.3. The lowest BCUT2D eigenvalue weighted by atomic mass is 10.1. The molecule has 0 radical (unpaired) electrons. The average molecular weight is 277 g/mol. The number of pyridine rings is 1. The molecule has 3 aromatic rings. The summed E-state index contributed by atoms with van der Waals surface area (Å²) >= 11 is 0. The molecule has 0 bridgehead atoms. The second-order valence-electron chi connectivity index (χ2n) is 5.00. The quantitative estimate of drug-likeness (QED) is 0.743. The Hall–Kier alpha value is -2.68. The van der Waals surface area contributed by atoms with Crippen molar-refractivity contribution < 1.29 is 4.79 Å². The molecular weight excluding hydrogens is 262 g/mol. The molecule has 2 aromatic carbocycles. The number of fused-ring (bicyclic) bond motifs is 1. The lowest BCUT2D eigenvalue weighted by molar-refractivity contribution is 0.0978. The van der Waals surface area contributed by atoms with Gasteiger partial charge in [0, 0.05) is 23.4 Å². The summed E-state index contributed by atoms with van der Waals surface area (Å²) in [6.45, 7) is 0. The number of carbonyl (C=O) groups excluding carboxylic acids is 1. The summed E-state index contributed by atoms with van der Waals surface area (Å²) in [5, 5.41) is 0.608. The number of para-hydroxylation sites is 1. The third kappa shape index (κ3) is 2.92. The van der Waals surface area contributed by atoms with E-state index in [4.69, 9.17) is 0 Å². The van der Waals surface area contributed by atoms with Gasteiger partial charge in [0.25, 0.3) is 0 Å². The summed E-state index contributed by atoms with van der Waals surface area (Å²) < 4.78 is 0. The minimum atomic E-state index is -0.118. The van der Waals surface area contributed by atoms with E-state index in [-0.39, 0.29) is 11.2 Å². The maximum absolute atomic E-state index is 12.2. The number of hydrogen-bond donors (Lipinski definition) is 1. The number of aryl methyl sites for hydroxylation is 1. The van der Waals surface area contributed by atoms with Gasteiger partial charge in [0.15, 0.2) is 11.2 Å². The average Bonchev–Trinajstić information content (AvgIpc) is 2.53. The summed E-state index contributed by atoms with van der Waals surface area (Å²) in [6, 6.07) is 18.5. The first kappa shape index (κ1) is 13.3. The third-order valence-electron chi connectivity index (χ3n) is 3.52. The molecule has 3 heteroatoms. The van der Waals surface area contributed by atoms with Crippen molar-refractivity contribution in [2.75, 3.05) is 0 Å². The smallest absolute Gasteiger partial charge is 0.190 e. The molecule has 0 unspecified atom stereocenters. The number of aromatic amines is 1. The number of aromatic nitrogens is 1. The standard InChI is InChI=1S/C18H15NO2/c20-17(11-10-13-6-2-1-3-7-13)16-12-18(21)14-8-4-5-9-15(14)19-16/h1-9,12H,10-11H2,(H,19,21). The van der Waals surface area contributed by atoms with Gasteiger partial charge >= 0.3 is 0 Å². The SMILES string of the molecule is O=C(CCc1ccccc1)c1cc(=O)c2ccccc2[nH]1. The zero-order valence-electron chi connectivity index (χ0n) is 11.5. The maximum Gasteiger partial charge on any atom is 0.190 e. The van der Waals surface area contributed by atoms with Crippen LogP contribution in [-0.4, -0.2) is 10.8 Å². The van der Waals surface area contributed by atoms with Crippen LogP contribution in [0, 0.1) is 0 Å². The molecule has 0 amide bonds. The highest BCUT2D eigenvalue weighted by molar-refractivity contribution is 5.96. The van der Waals surface area contributed by atoms with Crippen LogP contribution in [0.3, 0.4) is 0 Å². The Morgan fingerprint density at radius 3 is 2.48 bits per heavy atom. The van der Waals surface area contributed by atoms with Gasteiger partial charge < -0.3 is 4.98 Å². The molecule has 0 saturated carbocycles. The van der Waals surface area contributed by atoms with Crippen molar-refractivity contribution in [2.24, 2.45) is 0 Å². The van der Waals surface area contributed by atoms with E-state index >= 15 is 0 Å². The van der Waals surface area contributed by atoms with E-state index in [0.717, 1.165) is 5.56 Å². The summed E-state index contributed by atoms with van der Waals surface area (Å²) in [7, 11) is 0. The molecule has 0 aliphatic carbocycles. The number of hydrogen-bond acceptors (Lipinski definition) is 2. The summed E-state index contributed by atoms with van der Waals surface area (Å²) in [6.07, 6.45) is 1.06. The van der Waals surface area contributed by atoms with E-state index in [9.17, 15) is 9.59 Å². The Morgan fingerprint density at radius 2 is 1.67 bits per heavy atom. The Kier molecular flexibility index (Phi) is 3.65. The van der Waals surface area contributed by atoms with Gasteiger partial charge in [-0.1, -0.05) is 42.5 Å². The van der Waals surface area contributed by atoms with Crippen molar-refractivity contribution in [3.8, 4) is 0 Å². The van der Waals surface area contributed by atoms with Crippen LogP contribution in [-0.2, 0) is 6.42 Å². The van der Waals surface area contributed by atoms with E-state index in [1.54, 1.807) is 6.07 Å². The van der Waals surface area contributed by atoms with Gasteiger partial charge in [-0.2, -0.15) is 0 Å². The number of carbonyl (C=O) groups is 1. The lowest BCUT2D eigenvalue weighted by Gasteiger charge is -2.04. The number of rotatable bonds is 4. The number of ketones is 1. The largest absolute Gasteiger partial charge is 0.352 e. The number of benzene rings is 2. The van der Waals surface area contributed by atoms with Crippen molar-refractivity contribution in [2.45, 2.75) is 12.8 Å². The zero-order valence-corrected chi connectivity index (χ0v) is 11.5. The molecule has 3 rings (SSSR count). The molecular formula is C18H15NO2. The van der Waals surface area contributed by atoms with Crippen LogP contribution < -0.4 is 5.43 Å². The normalized spacial score (nSPS) is 10.7. The first-order chi connectivity index (χ1) is 10.2. The van der Waals surface area contributed by atoms with Crippen LogP contribution in [0.2, 0.25) is 0 Å². The van der Waals surface area contributed by atoms with Gasteiger partial charge in [0.05, 0.1) is 5.69 Å². The fourth-order valence-corrected chi connectivity index (χ4v) is 2.38. The molecule has 104 valence electrons. The van der Waals surface area contributed by atoms with Crippen molar-refractivity contribution in [1.29, 1.82) is 0 Å². The van der Waals surface area contributed by atoms with Crippen LogP contribution >= 0.6 is 0 Å². The van der Waals surface area contributed by atoms with Crippen molar-refractivity contribution in [1.82, 2.24) is 4.98 Å². The minimum Gasteiger partial charge on any atom is -0.352 e. The van der Waals surface area contributed by atoms with Gasteiger partial charge in [0.1, 0.15) is 0 Å². The van der Waals surface area contributed by atoms with E-state index in [2.05, 4.69) is 4.98 Å². The molecule has 0 atom stereocenters. The Morgan fingerprint density at radius 1 is 0.952 bits per heavy atom. The molecule has 0 saturated heterocycles. The van der Waals surface area contributed by atoms with E-state index in [1.165, 1.54) is 6.07 Å². The molecule has 1 heterocycles. The van der Waals surface area contributed by atoms with Crippen molar-refractivity contribution in [3.05, 3.63) is 82.1 Å². The Balaban J connectivity index is 1.83. The molecule has 0 aliphatic heterocycles. The Labute approximate surface area is 122 Å². The first-order valence-corrected chi connectivity index (χ1v) is 6.93. The van der Waals surface area contributed by atoms with E-state index in [1.807, 2.05) is 48.5 Å². The second kappa shape index (κ2) is 5.75. The highest BCUT2D eigenvalue weighted by Gasteiger charge is 2.09.